The second-order valence-electron chi connectivity index (χ2n) is 9.05. The number of carbonyl (C=O) groups excluding carboxylic acids is 2. The highest BCUT2D eigenvalue weighted by atomic mass is 19.1. The number of nitrogens with zero attached hydrogens (tertiary/aromatic N) is 2. The van der Waals surface area contributed by atoms with Crippen LogP contribution in [0.5, 0.6) is 5.75 Å². The fourth-order valence-corrected chi connectivity index (χ4v) is 4.18. The molecular formula is C26H34FN3O4. The van der Waals surface area contributed by atoms with Gasteiger partial charge in [-0.1, -0.05) is 19.1 Å². The van der Waals surface area contributed by atoms with Crippen molar-refractivity contribution in [2.45, 2.75) is 39.5 Å². The van der Waals surface area contributed by atoms with Crippen molar-refractivity contribution in [2.24, 2.45) is 5.92 Å². The Labute approximate surface area is 200 Å². The molecule has 0 radical (unpaired) electrons. The van der Waals surface area contributed by atoms with E-state index in [9.17, 15) is 14.0 Å². The van der Waals surface area contributed by atoms with Crippen molar-refractivity contribution in [3.63, 3.8) is 0 Å². The largest absolute Gasteiger partial charge is 0.491 e. The maximum absolute atomic E-state index is 13.4. The van der Waals surface area contributed by atoms with Crippen LogP contribution < -0.4 is 10.1 Å². The molecule has 1 N–H and O–H groups in total. The molecule has 0 fully saturated rings. The Morgan fingerprint density at radius 3 is 2.53 bits per heavy atom. The minimum absolute atomic E-state index is 0.0140. The molecule has 0 spiro atoms. The fraction of sp³-hybridized carbons (Fsp3) is 0.462. The second-order valence-corrected chi connectivity index (χ2v) is 9.05. The van der Waals surface area contributed by atoms with Crippen molar-refractivity contribution in [1.82, 2.24) is 9.80 Å². The zero-order valence-electron chi connectivity index (χ0n) is 20.5. The lowest BCUT2D eigenvalue weighted by Crippen LogP contribution is -2.46. The van der Waals surface area contributed by atoms with E-state index in [2.05, 4.69) is 24.1 Å². The average Bonchev–Trinajstić information content (AvgIpc) is 2.80. The first kappa shape index (κ1) is 25.6. The standard InChI is InChI=1S/C26H34FN3O4/c1-17-13-30(14-20-6-8-21(27)9-7-20)18(2)16-34-24-11-10-22(28-19(3)31)12-23(24)26(32)29(4)15-25(17)33-5/h6-12,17-18,25H,13-16H2,1-5H3,(H,28,31)/t17-,18-,25+/m1/s1. The third-order valence-electron chi connectivity index (χ3n) is 6.19. The number of anilines is 1. The van der Waals surface area contributed by atoms with Gasteiger partial charge < -0.3 is 19.7 Å². The number of rotatable bonds is 4. The Morgan fingerprint density at radius 2 is 1.88 bits per heavy atom. The highest BCUT2D eigenvalue weighted by Gasteiger charge is 2.28. The van der Waals surface area contributed by atoms with Gasteiger partial charge in [0.1, 0.15) is 18.2 Å². The molecule has 8 heteroatoms. The molecule has 0 unspecified atom stereocenters. The highest BCUT2D eigenvalue weighted by molar-refractivity contribution is 5.99. The van der Waals surface area contributed by atoms with Gasteiger partial charge in [-0.2, -0.15) is 0 Å². The highest BCUT2D eigenvalue weighted by Crippen LogP contribution is 2.27. The van der Waals surface area contributed by atoms with E-state index >= 15 is 0 Å². The van der Waals surface area contributed by atoms with E-state index in [0.29, 0.717) is 36.7 Å². The van der Waals surface area contributed by atoms with Crippen molar-refractivity contribution in [3.05, 3.63) is 59.4 Å². The number of amides is 2. The van der Waals surface area contributed by atoms with Gasteiger partial charge >= 0.3 is 0 Å². The molecule has 1 heterocycles. The Kier molecular flexibility index (Phi) is 8.63. The normalized spacial score (nSPS) is 22.2. The summed E-state index contributed by atoms with van der Waals surface area (Å²) in [4.78, 5) is 28.7. The summed E-state index contributed by atoms with van der Waals surface area (Å²) >= 11 is 0. The van der Waals surface area contributed by atoms with E-state index in [4.69, 9.17) is 9.47 Å². The molecule has 0 aromatic heterocycles. The summed E-state index contributed by atoms with van der Waals surface area (Å²) in [6.07, 6.45) is -0.181. The molecular weight excluding hydrogens is 437 g/mol. The lowest BCUT2D eigenvalue weighted by molar-refractivity contribution is -0.114. The number of hydrogen-bond acceptors (Lipinski definition) is 5. The number of likely N-dealkylation sites (N-methyl/N-ethyl adjacent to an activating group) is 1. The van der Waals surface area contributed by atoms with Crippen LogP contribution in [-0.4, -0.2) is 67.6 Å². The molecule has 3 rings (SSSR count). The van der Waals surface area contributed by atoms with Crippen LogP contribution in [0.15, 0.2) is 42.5 Å². The first-order chi connectivity index (χ1) is 16.2. The SMILES string of the molecule is CO[C@H]1CN(C)C(=O)c2cc(NC(C)=O)ccc2OC[C@@H](C)N(Cc2ccc(F)cc2)C[C@H]1C. The van der Waals surface area contributed by atoms with E-state index < -0.39 is 0 Å². The molecule has 1 aliphatic heterocycles. The van der Waals surface area contributed by atoms with Crippen molar-refractivity contribution < 1.29 is 23.5 Å². The summed E-state index contributed by atoms with van der Waals surface area (Å²) in [6.45, 7) is 7.71. The molecule has 184 valence electrons. The number of carbonyl (C=O) groups is 2. The smallest absolute Gasteiger partial charge is 0.257 e. The van der Waals surface area contributed by atoms with Crippen LogP contribution in [0.2, 0.25) is 0 Å². The van der Waals surface area contributed by atoms with Gasteiger partial charge in [-0.15, -0.1) is 0 Å². The van der Waals surface area contributed by atoms with E-state index in [1.807, 2.05) is 0 Å². The van der Waals surface area contributed by atoms with Crippen LogP contribution in [0.3, 0.4) is 0 Å². The summed E-state index contributed by atoms with van der Waals surface area (Å²) in [5.41, 5.74) is 1.93. The van der Waals surface area contributed by atoms with Crippen molar-refractivity contribution in [3.8, 4) is 5.75 Å². The molecule has 0 aliphatic carbocycles. The lowest BCUT2D eigenvalue weighted by atomic mass is 10.0. The first-order valence-corrected chi connectivity index (χ1v) is 11.5. The zero-order chi connectivity index (χ0) is 24.8. The van der Waals surface area contributed by atoms with E-state index in [1.54, 1.807) is 49.4 Å². The number of benzene rings is 2. The maximum Gasteiger partial charge on any atom is 0.257 e. The monoisotopic (exact) mass is 471 g/mol. The molecule has 3 atom stereocenters. The van der Waals surface area contributed by atoms with Crippen LogP contribution in [0.4, 0.5) is 10.1 Å². The van der Waals surface area contributed by atoms with E-state index in [1.165, 1.54) is 19.1 Å². The summed E-state index contributed by atoms with van der Waals surface area (Å²) < 4.78 is 25.3. The molecule has 2 aromatic rings. The van der Waals surface area contributed by atoms with E-state index in [-0.39, 0.29) is 35.7 Å². The molecule has 0 bridgehead atoms. The van der Waals surface area contributed by atoms with Crippen molar-refractivity contribution in [2.75, 3.05) is 39.2 Å². The van der Waals surface area contributed by atoms with Crippen LogP contribution in [0, 0.1) is 11.7 Å². The van der Waals surface area contributed by atoms with Gasteiger partial charge in [0.2, 0.25) is 5.91 Å². The number of hydrogen-bond donors (Lipinski definition) is 1. The van der Waals surface area contributed by atoms with Crippen molar-refractivity contribution >= 4 is 17.5 Å². The van der Waals surface area contributed by atoms with E-state index in [0.717, 1.165) is 12.1 Å². The Bertz CT molecular complexity index is 998. The van der Waals surface area contributed by atoms with Crippen LogP contribution >= 0.6 is 0 Å². The van der Waals surface area contributed by atoms with Crippen LogP contribution in [-0.2, 0) is 16.1 Å². The number of ether oxygens (including phenoxy) is 2. The first-order valence-electron chi connectivity index (χ1n) is 11.5. The zero-order valence-corrected chi connectivity index (χ0v) is 20.5. The number of methoxy groups -OCH3 is 1. The predicted molar refractivity (Wildman–Crippen MR) is 129 cm³/mol. The molecule has 34 heavy (non-hydrogen) atoms. The van der Waals surface area contributed by atoms with Gasteiger partial charge in [0.05, 0.1) is 11.7 Å². The second kappa shape index (κ2) is 11.4. The summed E-state index contributed by atoms with van der Waals surface area (Å²) in [6, 6.07) is 11.6. The number of halogens is 1. The third-order valence-corrected chi connectivity index (χ3v) is 6.19. The van der Waals surface area contributed by atoms with Crippen LogP contribution in [0.25, 0.3) is 0 Å². The Balaban J connectivity index is 1.93. The molecule has 7 nitrogen and oxygen atoms in total. The third kappa shape index (κ3) is 6.55. The predicted octanol–water partition coefficient (Wildman–Crippen LogP) is 3.79. The summed E-state index contributed by atoms with van der Waals surface area (Å²) in [7, 11) is 3.39. The lowest BCUT2D eigenvalue weighted by Gasteiger charge is -2.36. The fourth-order valence-electron chi connectivity index (χ4n) is 4.18. The van der Waals surface area contributed by atoms with Crippen LogP contribution in [0.1, 0.15) is 36.7 Å². The van der Waals surface area contributed by atoms with Gasteiger partial charge in [-0.25, -0.2) is 4.39 Å². The summed E-state index contributed by atoms with van der Waals surface area (Å²) in [5, 5.41) is 2.73. The van der Waals surface area contributed by atoms with Gasteiger partial charge in [0.15, 0.2) is 0 Å². The number of nitrogens with one attached hydrogen (secondary N) is 1. The minimum Gasteiger partial charge on any atom is -0.491 e. The van der Waals surface area contributed by atoms with Gasteiger partial charge in [-0.3, -0.25) is 14.5 Å². The Hall–Kier alpha value is -2.97. The molecule has 0 saturated carbocycles. The average molecular weight is 472 g/mol. The molecule has 1 aliphatic rings. The molecule has 2 aromatic carbocycles. The number of fused-ring (bicyclic) bond motifs is 1. The van der Waals surface area contributed by atoms with Gasteiger partial charge in [-0.05, 0) is 48.7 Å². The minimum atomic E-state index is -0.260. The Morgan fingerprint density at radius 1 is 1.18 bits per heavy atom. The molecule has 2 amide bonds. The van der Waals surface area contributed by atoms with Gasteiger partial charge in [0.25, 0.3) is 5.91 Å². The molecule has 0 saturated heterocycles. The van der Waals surface area contributed by atoms with Gasteiger partial charge in [0, 0.05) is 52.4 Å². The van der Waals surface area contributed by atoms with Crippen molar-refractivity contribution in [1.29, 1.82) is 0 Å². The summed E-state index contributed by atoms with van der Waals surface area (Å²) in [5.74, 6) is -0.0968. The topological polar surface area (TPSA) is 71.1 Å². The quantitative estimate of drug-likeness (QED) is 0.735. The maximum atomic E-state index is 13.4.